The molecule has 0 bridgehead atoms. The first-order valence-corrected chi connectivity index (χ1v) is 9.53. The number of carbonyl (C=O) groups excluding carboxylic acids is 1. The Morgan fingerprint density at radius 1 is 1.07 bits per heavy atom. The average Bonchev–Trinajstić information content (AvgIpc) is 3.05. The van der Waals surface area contributed by atoms with Crippen molar-refractivity contribution in [3.63, 3.8) is 0 Å². The number of hydrogen-bond acceptors (Lipinski definition) is 3. The van der Waals surface area contributed by atoms with Crippen LogP contribution in [0.15, 0.2) is 54.6 Å². The molecule has 3 rings (SSSR count). The van der Waals surface area contributed by atoms with Gasteiger partial charge in [0.1, 0.15) is 5.82 Å². The maximum atomic E-state index is 12.5. The number of nitrogens with zero attached hydrogens (tertiary/aromatic N) is 2. The van der Waals surface area contributed by atoms with E-state index in [1.54, 1.807) is 0 Å². The molecule has 2 unspecified atom stereocenters. The number of para-hydroxylation sites is 2. The van der Waals surface area contributed by atoms with Crippen LogP contribution in [0.2, 0.25) is 0 Å². The lowest BCUT2D eigenvalue weighted by Gasteiger charge is -2.20. The maximum absolute atomic E-state index is 12.5. The van der Waals surface area contributed by atoms with E-state index in [-0.39, 0.29) is 17.9 Å². The lowest BCUT2D eigenvalue weighted by Crippen LogP contribution is -2.36. The van der Waals surface area contributed by atoms with Crippen molar-refractivity contribution in [2.75, 3.05) is 6.54 Å². The smallest absolute Gasteiger partial charge is 0.224 e. The lowest BCUT2D eigenvalue weighted by atomic mass is 9.95. The summed E-state index contributed by atoms with van der Waals surface area (Å²) in [6.45, 7) is 6.71. The molecule has 3 aromatic rings. The molecule has 2 atom stereocenters. The number of nitrogens with two attached hydrogens (primary N) is 1. The molecule has 2 aromatic carbocycles. The Labute approximate surface area is 160 Å². The van der Waals surface area contributed by atoms with Crippen LogP contribution in [0.3, 0.4) is 0 Å². The molecule has 0 aliphatic carbocycles. The molecule has 1 amide bonds. The van der Waals surface area contributed by atoms with Crippen LogP contribution in [-0.4, -0.2) is 22.0 Å². The average molecular weight is 364 g/mol. The fraction of sp³-hybridized carbons (Fsp3) is 0.364. The van der Waals surface area contributed by atoms with Gasteiger partial charge in [-0.1, -0.05) is 49.4 Å². The van der Waals surface area contributed by atoms with Crippen molar-refractivity contribution < 1.29 is 4.79 Å². The van der Waals surface area contributed by atoms with E-state index in [0.717, 1.165) is 22.4 Å². The van der Waals surface area contributed by atoms with Crippen molar-refractivity contribution in [2.24, 2.45) is 11.7 Å². The van der Waals surface area contributed by atoms with Crippen molar-refractivity contribution >= 4 is 16.9 Å². The Morgan fingerprint density at radius 3 is 2.44 bits per heavy atom. The van der Waals surface area contributed by atoms with Crippen LogP contribution in [0.25, 0.3) is 11.0 Å². The van der Waals surface area contributed by atoms with Gasteiger partial charge < -0.3 is 15.6 Å². The highest BCUT2D eigenvalue weighted by molar-refractivity contribution is 5.79. The predicted octanol–water partition coefficient (Wildman–Crippen LogP) is 3.61. The molecule has 1 aromatic heterocycles. The number of rotatable bonds is 7. The number of nitrogens with one attached hydrogen (secondary N) is 1. The van der Waals surface area contributed by atoms with E-state index in [0.29, 0.717) is 19.0 Å². The number of fused-ring (bicyclic) bond motifs is 1. The highest BCUT2D eigenvalue weighted by Gasteiger charge is 2.22. The van der Waals surface area contributed by atoms with Crippen molar-refractivity contribution in [3.8, 4) is 0 Å². The molecule has 0 aliphatic heterocycles. The van der Waals surface area contributed by atoms with Gasteiger partial charge in [0.15, 0.2) is 0 Å². The third kappa shape index (κ3) is 4.19. The SMILES string of the molecule is CC(C(=O)NCCc1nc2ccccc2n1C(C)C)C(N)c1ccccc1. The third-order valence-corrected chi connectivity index (χ3v) is 4.97. The van der Waals surface area contributed by atoms with Gasteiger partial charge >= 0.3 is 0 Å². The maximum Gasteiger partial charge on any atom is 0.224 e. The lowest BCUT2D eigenvalue weighted by molar-refractivity contribution is -0.125. The van der Waals surface area contributed by atoms with Crippen molar-refractivity contribution in [2.45, 2.75) is 39.3 Å². The molecule has 0 fully saturated rings. The monoisotopic (exact) mass is 364 g/mol. The molecule has 0 saturated heterocycles. The van der Waals surface area contributed by atoms with E-state index >= 15 is 0 Å². The van der Waals surface area contributed by atoms with Gasteiger partial charge in [-0.05, 0) is 31.5 Å². The minimum Gasteiger partial charge on any atom is -0.355 e. The first-order valence-electron chi connectivity index (χ1n) is 9.53. The van der Waals surface area contributed by atoms with E-state index in [2.05, 4.69) is 29.8 Å². The number of benzene rings is 2. The normalized spacial score (nSPS) is 13.7. The van der Waals surface area contributed by atoms with Gasteiger partial charge in [0.25, 0.3) is 0 Å². The summed E-state index contributed by atoms with van der Waals surface area (Å²) < 4.78 is 2.24. The van der Waals surface area contributed by atoms with E-state index in [9.17, 15) is 4.79 Å². The number of carbonyl (C=O) groups is 1. The predicted molar refractivity (Wildman–Crippen MR) is 109 cm³/mol. The minimum absolute atomic E-state index is 0.0291. The molecular formula is C22H28N4O. The zero-order chi connectivity index (χ0) is 19.4. The van der Waals surface area contributed by atoms with Gasteiger partial charge in [0.2, 0.25) is 5.91 Å². The quantitative estimate of drug-likeness (QED) is 0.673. The summed E-state index contributed by atoms with van der Waals surface area (Å²) in [7, 11) is 0. The molecule has 142 valence electrons. The largest absolute Gasteiger partial charge is 0.355 e. The van der Waals surface area contributed by atoms with Gasteiger partial charge in [-0.2, -0.15) is 0 Å². The molecule has 27 heavy (non-hydrogen) atoms. The Morgan fingerprint density at radius 2 is 1.74 bits per heavy atom. The Balaban J connectivity index is 1.63. The minimum atomic E-state index is -0.313. The fourth-order valence-corrected chi connectivity index (χ4v) is 3.43. The van der Waals surface area contributed by atoms with Crippen molar-refractivity contribution in [1.82, 2.24) is 14.9 Å². The number of aromatic nitrogens is 2. The molecular weight excluding hydrogens is 336 g/mol. The van der Waals surface area contributed by atoms with Crippen LogP contribution < -0.4 is 11.1 Å². The number of imidazole rings is 1. The second-order valence-corrected chi connectivity index (χ2v) is 7.25. The Bertz CT molecular complexity index is 901. The molecule has 5 nitrogen and oxygen atoms in total. The van der Waals surface area contributed by atoms with Crippen LogP contribution in [0, 0.1) is 5.92 Å². The zero-order valence-corrected chi connectivity index (χ0v) is 16.2. The van der Waals surface area contributed by atoms with Crippen LogP contribution >= 0.6 is 0 Å². The Kier molecular flexibility index (Phi) is 5.91. The number of amides is 1. The summed E-state index contributed by atoms with van der Waals surface area (Å²) in [5.74, 6) is 0.668. The standard InChI is InChI=1S/C22H28N4O/c1-15(2)26-19-12-8-7-11-18(19)25-20(26)13-14-24-22(27)16(3)21(23)17-9-5-4-6-10-17/h4-12,15-16,21H,13-14,23H2,1-3H3,(H,24,27). The summed E-state index contributed by atoms with van der Waals surface area (Å²) in [5.41, 5.74) is 9.36. The fourth-order valence-electron chi connectivity index (χ4n) is 3.43. The van der Waals surface area contributed by atoms with Gasteiger partial charge in [-0.3, -0.25) is 4.79 Å². The van der Waals surface area contributed by atoms with Gasteiger partial charge in [0, 0.05) is 25.0 Å². The number of hydrogen-bond donors (Lipinski definition) is 2. The molecule has 0 saturated carbocycles. The van der Waals surface area contributed by atoms with Gasteiger partial charge in [0.05, 0.1) is 17.0 Å². The molecule has 0 radical (unpaired) electrons. The first-order chi connectivity index (χ1) is 13.0. The topological polar surface area (TPSA) is 72.9 Å². The van der Waals surface area contributed by atoms with Crippen LogP contribution in [0.4, 0.5) is 0 Å². The van der Waals surface area contributed by atoms with E-state index < -0.39 is 0 Å². The molecule has 0 aliphatic rings. The third-order valence-electron chi connectivity index (χ3n) is 4.97. The summed E-state index contributed by atoms with van der Waals surface area (Å²) in [4.78, 5) is 17.3. The van der Waals surface area contributed by atoms with E-state index in [1.807, 2.05) is 55.5 Å². The summed E-state index contributed by atoms with van der Waals surface area (Å²) in [5, 5.41) is 3.02. The second-order valence-electron chi connectivity index (χ2n) is 7.25. The first kappa shape index (κ1) is 19.1. The highest BCUT2D eigenvalue weighted by atomic mass is 16.1. The van der Waals surface area contributed by atoms with Gasteiger partial charge in [-0.15, -0.1) is 0 Å². The summed E-state index contributed by atoms with van der Waals surface area (Å²) in [6.07, 6.45) is 0.686. The van der Waals surface area contributed by atoms with Gasteiger partial charge in [-0.25, -0.2) is 4.98 Å². The zero-order valence-electron chi connectivity index (χ0n) is 16.2. The van der Waals surface area contributed by atoms with E-state index in [1.165, 1.54) is 0 Å². The molecule has 0 spiro atoms. The van der Waals surface area contributed by atoms with Crippen LogP contribution in [-0.2, 0) is 11.2 Å². The second kappa shape index (κ2) is 8.35. The summed E-state index contributed by atoms with van der Waals surface area (Å²) >= 11 is 0. The Hall–Kier alpha value is -2.66. The molecule has 3 N–H and O–H groups in total. The summed E-state index contributed by atoms with van der Waals surface area (Å²) in [6, 6.07) is 17.9. The van der Waals surface area contributed by atoms with Crippen LogP contribution in [0.1, 0.15) is 44.2 Å². The molecule has 5 heteroatoms. The molecule has 1 heterocycles. The highest BCUT2D eigenvalue weighted by Crippen LogP contribution is 2.21. The van der Waals surface area contributed by atoms with E-state index in [4.69, 9.17) is 10.7 Å². The van der Waals surface area contributed by atoms with Crippen molar-refractivity contribution in [3.05, 3.63) is 66.0 Å². The van der Waals surface area contributed by atoms with Crippen molar-refractivity contribution in [1.29, 1.82) is 0 Å². The van der Waals surface area contributed by atoms with Crippen LogP contribution in [0.5, 0.6) is 0 Å².